The highest BCUT2D eigenvalue weighted by atomic mass is 16.5. The van der Waals surface area contributed by atoms with Gasteiger partial charge in [0.25, 0.3) is 0 Å². The van der Waals surface area contributed by atoms with Crippen LogP contribution in [-0.2, 0) is 0 Å². The molecule has 0 aromatic rings. The fourth-order valence-corrected chi connectivity index (χ4v) is 5.70. The molecule has 3 rings (SSSR count). The van der Waals surface area contributed by atoms with Crippen molar-refractivity contribution in [3.05, 3.63) is 23.3 Å². The van der Waals surface area contributed by atoms with Crippen molar-refractivity contribution in [2.75, 3.05) is 0 Å². The average Bonchev–Trinajstić information content (AvgIpc) is 2.46. The fourth-order valence-electron chi connectivity index (χ4n) is 5.70. The molecule has 0 spiro atoms. The van der Waals surface area contributed by atoms with E-state index in [-0.39, 0.29) is 10.8 Å². The van der Waals surface area contributed by atoms with E-state index < -0.39 is 6.29 Å². The minimum absolute atomic E-state index is 0.222. The molecule has 0 radical (unpaired) electrons. The highest BCUT2D eigenvalue weighted by Gasteiger charge is 2.56. The Kier molecular flexibility index (Phi) is 4.06. The molecule has 3 aliphatic carbocycles. The largest absolute Gasteiger partial charge is 0.368 e. The van der Waals surface area contributed by atoms with Crippen LogP contribution in [0.1, 0.15) is 66.2 Å². The highest BCUT2D eigenvalue weighted by Crippen LogP contribution is 2.62. The van der Waals surface area contributed by atoms with Crippen LogP contribution >= 0.6 is 0 Å². The van der Waals surface area contributed by atoms with Gasteiger partial charge in [-0.25, -0.2) is 0 Å². The molecule has 1 saturated carbocycles. The average molecular weight is 304 g/mol. The molecule has 2 heteroatoms. The van der Waals surface area contributed by atoms with E-state index in [0.717, 1.165) is 19.3 Å². The Morgan fingerprint density at radius 3 is 2.55 bits per heavy atom. The summed E-state index contributed by atoms with van der Waals surface area (Å²) in [6.45, 7) is 9.10. The maximum absolute atomic E-state index is 10.0. The van der Waals surface area contributed by atoms with Crippen LogP contribution in [0, 0.1) is 28.6 Å². The molecule has 124 valence electrons. The maximum atomic E-state index is 10.0. The molecular formula is C20H32O2. The molecule has 2 N–H and O–H groups in total. The lowest BCUT2D eigenvalue weighted by Gasteiger charge is -2.58. The molecule has 0 aromatic carbocycles. The zero-order valence-electron chi connectivity index (χ0n) is 14.6. The van der Waals surface area contributed by atoms with Crippen LogP contribution in [0.25, 0.3) is 0 Å². The summed E-state index contributed by atoms with van der Waals surface area (Å²) < 4.78 is 0. The minimum Gasteiger partial charge on any atom is -0.368 e. The molecule has 0 aliphatic heterocycles. The van der Waals surface area contributed by atoms with E-state index in [1.54, 1.807) is 5.57 Å². The van der Waals surface area contributed by atoms with E-state index in [4.69, 9.17) is 0 Å². The molecule has 3 aliphatic rings. The van der Waals surface area contributed by atoms with Crippen molar-refractivity contribution in [2.45, 2.75) is 72.5 Å². The number of rotatable bonds is 2. The van der Waals surface area contributed by atoms with Gasteiger partial charge in [0.05, 0.1) is 0 Å². The standard InChI is InChI=1S/C20H32O2/c1-13(2)14-6-8-16-15(12-14)7-9-17-19(16,3)10-5-11-20(17,4)18(21)22/h7,12-13,16-18,21-22H,5-6,8-11H2,1-4H3. The highest BCUT2D eigenvalue weighted by molar-refractivity contribution is 5.35. The Bertz CT molecular complexity index is 502. The molecular weight excluding hydrogens is 272 g/mol. The van der Waals surface area contributed by atoms with Gasteiger partial charge in [-0.1, -0.05) is 51.8 Å². The summed E-state index contributed by atoms with van der Waals surface area (Å²) in [5.41, 5.74) is 2.99. The minimum atomic E-state index is -1.20. The van der Waals surface area contributed by atoms with Gasteiger partial charge in [0, 0.05) is 5.41 Å². The van der Waals surface area contributed by atoms with Gasteiger partial charge in [0.1, 0.15) is 0 Å². The zero-order valence-corrected chi connectivity index (χ0v) is 14.6. The summed E-state index contributed by atoms with van der Waals surface area (Å²) in [4.78, 5) is 0. The lowest BCUT2D eigenvalue weighted by molar-refractivity contribution is -0.196. The van der Waals surface area contributed by atoms with E-state index >= 15 is 0 Å². The molecule has 0 saturated heterocycles. The number of hydrogen-bond donors (Lipinski definition) is 2. The Morgan fingerprint density at radius 2 is 1.91 bits per heavy atom. The van der Waals surface area contributed by atoms with Gasteiger partial charge in [-0.05, 0) is 60.8 Å². The second-order valence-corrected chi connectivity index (χ2v) is 8.70. The molecule has 0 amide bonds. The number of aliphatic hydroxyl groups excluding tert-OH is 1. The van der Waals surface area contributed by atoms with E-state index in [2.05, 4.69) is 39.8 Å². The van der Waals surface area contributed by atoms with Gasteiger partial charge >= 0.3 is 0 Å². The van der Waals surface area contributed by atoms with Crippen molar-refractivity contribution in [3.63, 3.8) is 0 Å². The predicted octanol–water partition coefficient (Wildman–Crippen LogP) is 4.43. The van der Waals surface area contributed by atoms with Gasteiger partial charge in [-0.15, -0.1) is 0 Å². The van der Waals surface area contributed by atoms with Crippen LogP contribution in [0.2, 0.25) is 0 Å². The molecule has 2 nitrogen and oxygen atoms in total. The Hall–Kier alpha value is -0.600. The molecule has 4 unspecified atom stereocenters. The van der Waals surface area contributed by atoms with E-state index in [0.29, 0.717) is 17.8 Å². The number of allylic oxidation sites excluding steroid dienone is 4. The van der Waals surface area contributed by atoms with Crippen LogP contribution in [-0.4, -0.2) is 16.5 Å². The second kappa shape index (κ2) is 5.49. The number of aliphatic hydroxyl groups is 2. The maximum Gasteiger partial charge on any atom is 0.157 e. The van der Waals surface area contributed by atoms with Crippen molar-refractivity contribution < 1.29 is 10.2 Å². The van der Waals surface area contributed by atoms with Crippen molar-refractivity contribution in [1.29, 1.82) is 0 Å². The summed E-state index contributed by atoms with van der Waals surface area (Å²) in [6.07, 6.45) is 10.4. The van der Waals surface area contributed by atoms with E-state index in [1.165, 1.54) is 24.8 Å². The zero-order chi connectivity index (χ0) is 16.1. The first-order valence-corrected chi connectivity index (χ1v) is 9.05. The van der Waals surface area contributed by atoms with Gasteiger partial charge in [-0.3, -0.25) is 0 Å². The lowest BCUT2D eigenvalue weighted by atomic mass is 9.46. The first-order chi connectivity index (χ1) is 10.3. The van der Waals surface area contributed by atoms with Gasteiger partial charge in [0.15, 0.2) is 6.29 Å². The normalized spacial score (nSPS) is 41.8. The van der Waals surface area contributed by atoms with Crippen LogP contribution in [0.4, 0.5) is 0 Å². The topological polar surface area (TPSA) is 40.5 Å². The van der Waals surface area contributed by atoms with Crippen LogP contribution in [0.3, 0.4) is 0 Å². The molecule has 0 bridgehead atoms. The summed E-state index contributed by atoms with van der Waals surface area (Å²) in [6, 6.07) is 0. The quantitative estimate of drug-likeness (QED) is 0.741. The van der Waals surface area contributed by atoms with Crippen LogP contribution < -0.4 is 0 Å². The Balaban J connectivity index is 1.98. The summed E-state index contributed by atoms with van der Waals surface area (Å²) in [7, 11) is 0. The van der Waals surface area contributed by atoms with Gasteiger partial charge in [-0.2, -0.15) is 0 Å². The first kappa shape index (κ1) is 16.3. The smallest absolute Gasteiger partial charge is 0.157 e. The Labute approximate surface area is 135 Å². The summed E-state index contributed by atoms with van der Waals surface area (Å²) in [5.74, 6) is 1.63. The molecule has 1 fully saturated rings. The summed E-state index contributed by atoms with van der Waals surface area (Å²) in [5, 5.41) is 20.0. The predicted molar refractivity (Wildman–Crippen MR) is 90.1 cm³/mol. The first-order valence-electron chi connectivity index (χ1n) is 9.05. The van der Waals surface area contributed by atoms with Gasteiger partial charge < -0.3 is 10.2 Å². The third-order valence-electron chi connectivity index (χ3n) is 7.22. The third-order valence-corrected chi connectivity index (χ3v) is 7.22. The SMILES string of the molecule is CC(C)C1=CC2=CCC3C(C)(C(O)O)CCCC3(C)C2CC1. The van der Waals surface area contributed by atoms with Crippen molar-refractivity contribution >= 4 is 0 Å². The number of fused-ring (bicyclic) bond motifs is 3. The lowest BCUT2D eigenvalue weighted by Crippen LogP contribution is -2.54. The summed E-state index contributed by atoms with van der Waals surface area (Å²) >= 11 is 0. The van der Waals surface area contributed by atoms with Crippen molar-refractivity contribution in [3.8, 4) is 0 Å². The molecule has 4 atom stereocenters. The van der Waals surface area contributed by atoms with E-state index in [9.17, 15) is 10.2 Å². The molecule has 22 heavy (non-hydrogen) atoms. The molecule has 0 heterocycles. The van der Waals surface area contributed by atoms with Crippen molar-refractivity contribution in [2.24, 2.45) is 28.6 Å². The second-order valence-electron chi connectivity index (χ2n) is 8.70. The van der Waals surface area contributed by atoms with Crippen LogP contribution in [0.5, 0.6) is 0 Å². The van der Waals surface area contributed by atoms with Crippen molar-refractivity contribution in [1.82, 2.24) is 0 Å². The number of hydrogen-bond acceptors (Lipinski definition) is 2. The van der Waals surface area contributed by atoms with E-state index in [1.807, 2.05) is 0 Å². The van der Waals surface area contributed by atoms with Gasteiger partial charge in [0.2, 0.25) is 0 Å². The van der Waals surface area contributed by atoms with Crippen LogP contribution in [0.15, 0.2) is 23.3 Å². The third kappa shape index (κ3) is 2.30. The Morgan fingerprint density at radius 1 is 1.18 bits per heavy atom. The molecule has 0 aromatic heterocycles. The monoisotopic (exact) mass is 304 g/mol. The fraction of sp³-hybridized carbons (Fsp3) is 0.800.